The van der Waals surface area contributed by atoms with E-state index in [4.69, 9.17) is 10.8 Å². The van der Waals surface area contributed by atoms with Gasteiger partial charge in [0.2, 0.25) is 17.7 Å². The normalized spacial score (nSPS) is 15.1. The van der Waals surface area contributed by atoms with Gasteiger partial charge >= 0.3 is 11.9 Å². The molecule has 3 amide bonds. The molecule has 0 spiro atoms. The number of phenols is 1. The Bertz CT molecular complexity index is 950. The number of aliphatic hydroxyl groups excluding tert-OH is 1. The van der Waals surface area contributed by atoms with Gasteiger partial charge in [0.15, 0.2) is 0 Å². The molecule has 206 valence electrons. The van der Waals surface area contributed by atoms with Gasteiger partial charge in [0.05, 0.1) is 12.1 Å². The molecule has 0 aliphatic rings. The van der Waals surface area contributed by atoms with Gasteiger partial charge in [0, 0.05) is 12.8 Å². The number of aliphatic carboxylic acids is 2. The fraction of sp³-hybridized carbons (Fsp3) is 0.542. The predicted molar refractivity (Wildman–Crippen MR) is 131 cm³/mol. The molecule has 5 unspecified atom stereocenters. The molecule has 13 heteroatoms. The molecular formula is C24H36N4O9. The molecule has 1 rings (SSSR count). The van der Waals surface area contributed by atoms with Crippen LogP contribution in [0.15, 0.2) is 24.3 Å². The molecule has 0 radical (unpaired) electrons. The average molecular weight is 525 g/mol. The number of carbonyl (C=O) groups is 5. The van der Waals surface area contributed by atoms with Crippen LogP contribution in [0.25, 0.3) is 0 Å². The lowest BCUT2D eigenvalue weighted by molar-refractivity contribution is -0.142. The first-order valence-corrected chi connectivity index (χ1v) is 11.8. The smallest absolute Gasteiger partial charge is 0.326 e. The summed E-state index contributed by atoms with van der Waals surface area (Å²) in [6, 6.07) is 0.542. The first-order valence-electron chi connectivity index (χ1n) is 11.8. The number of carbonyl (C=O) groups excluding carboxylic acids is 3. The molecule has 1 aromatic carbocycles. The van der Waals surface area contributed by atoms with Gasteiger partial charge in [0.25, 0.3) is 0 Å². The van der Waals surface area contributed by atoms with E-state index in [1.807, 2.05) is 0 Å². The third kappa shape index (κ3) is 11.3. The molecule has 0 heterocycles. The molecule has 0 aliphatic carbocycles. The van der Waals surface area contributed by atoms with Gasteiger partial charge in [-0.05, 0) is 43.4 Å². The third-order valence-electron chi connectivity index (χ3n) is 5.40. The summed E-state index contributed by atoms with van der Waals surface area (Å²) in [5.41, 5.74) is 6.21. The predicted octanol–water partition coefficient (Wildman–Crippen LogP) is -0.907. The summed E-state index contributed by atoms with van der Waals surface area (Å²) >= 11 is 0. The highest BCUT2D eigenvalue weighted by atomic mass is 16.4. The van der Waals surface area contributed by atoms with Crippen molar-refractivity contribution >= 4 is 29.7 Å². The zero-order valence-corrected chi connectivity index (χ0v) is 21.0. The summed E-state index contributed by atoms with van der Waals surface area (Å²) < 4.78 is 0. The molecule has 13 nitrogen and oxygen atoms in total. The average Bonchev–Trinajstić information content (AvgIpc) is 2.80. The number of hydrogen-bond acceptors (Lipinski definition) is 8. The second-order valence-corrected chi connectivity index (χ2v) is 9.23. The van der Waals surface area contributed by atoms with E-state index in [0.29, 0.717) is 5.56 Å². The molecular weight excluding hydrogens is 488 g/mol. The summed E-state index contributed by atoms with van der Waals surface area (Å²) in [5, 5.41) is 44.9. The van der Waals surface area contributed by atoms with Crippen molar-refractivity contribution in [3.8, 4) is 5.75 Å². The maximum Gasteiger partial charge on any atom is 0.326 e. The van der Waals surface area contributed by atoms with Crippen LogP contribution in [0.2, 0.25) is 0 Å². The maximum atomic E-state index is 13.0. The van der Waals surface area contributed by atoms with E-state index in [1.165, 1.54) is 31.2 Å². The number of aliphatic hydroxyl groups is 1. The van der Waals surface area contributed by atoms with Crippen molar-refractivity contribution < 1.29 is 44.4 Å². The molecule has 0 saturated heterocycles. The Morgan fingerprint density at radius 2 is 1.43 bits per heavy atom. The number of amides is 3. The van der Waals surface area contributed by atoms with E-state index in [-0.39, 0.29) is 37.4 Å². The largest absolute Gasteiger partial charge is 0.508 e. The van der Waals surface area contributed by atoms with E-state index in [2.05, 4.69) is 16.0 Å². The fourth-order valence-corrected chi connectivity index (χ4v) is 3.38. The Kier molecular flexibility index (Phi) is 12.5. The van der Waals surface area contributed by atoms with Crippen LogP contribution < -0.4 is 21.7 Å². The molecule has 37 heavy (non-hydrogen) atoms. The van der Waals surface area contributed by atoms with Gasteiger partial charge in [-0.15, -0.1) is 0 Å². The molecule has 0 aliphatic heterocycles. The van der Waals surface area contributed by atoms with Crippen LogP contribution in [0.1, 0.15) is 45.6 Å². The van der Waals surface area contributed by atoms with Gasteiger partial charge < -0.3 is 42.1 Å². The minimum atomic E-state index is -1.50. The number of rotatable bonds is 15. The Labute approximate surface area is 214 Å². The number of phenolic OH excluding ortho intramolecular Hbond substituents is 1. The van der Waals surface area contributed by atoms with Gasteiger partial charge in [-0.3, -0.25) is 19.2 Å². The van der Waals surface area contributed by atoms with Crippen molar-refractivity contribution in [3.63, 3.8) is 0 Å². The van der Waals surface area contributed by atoms with Crippen molar-refractivity contribution in [2.45, 2.75) is 76.7 Å². The number of nitrogens with two attached hydrogens (primary N) is 1. The molecule has 0 bridgehead atoms. The Morgan fingerprint density at radius 1 is 0.865 bits per heavy atom. The van der Waals surface area contributed by atoms with Crippen molar-refractivity contribution in [1.29, 1.82) is 0 Å². The first-order chi connectivity index (χ1) is 17.2. The van der Waals surface area contributed by atoms with Crippen molar-refractivity contribution in [3.05, 3.63) is 29.8 Å². The van der Waals surface area contributed by atoms with E-state index in [0.717, 1.165) is 0 Å². The molecule has 1 aromatic rings. The topological polar surface area (TPSA) is 228 Å². The van der Waals surface area contributed by atoms with Gasteiger partial charge in [0.1, 0.15) is 23.9 Å². The van der Waals surface area contributed by atoms with E-state index < -0.39 is 59.9 Å². The third-order valence-corrected chi connectivity index (χ3v) is 5.40. The standard InChI is InChI=1S/C24H36N4O9/c1-12(2)10-17(22(34)27-18(24(36)37)11-14-4-6-15(30)7-5-14)26-23(35)20(13(3)29)28-21(33)16(25)8-9-19(31)32/h4-7,12-13,16-18,20,29-30H,8-11,25H2,1-3H3,(H,26,35)(H,27,34)(H,28,33)(H,31,32)(H,36,37). The zero-order valence-electron chi connectivity index (χ0n) is 21.0. The number of benzene rings is 1. The summed E-state index contributed by atoms with van der Waals surface area (Å²) in [6.45, 7) is 4.81. The minimum absolute atomic E-state index is 0.00182. The number of carboxylic acid groups (broad SMARTS) is 2. The van der Waals surface area contributed by atoms with Gasteiger partial charge in [-0.1, -0.05) is 26.0 Å². The van der Waals surface area contributed by atoms with E-state index in [9.17, 15) is 39.3 Å². The number of nitrogens with one attached hydrogen (secondary N) is 3. The van der Waals surface area contributed by atoms with Gasteiger partial charge in [-0.2, -0.15) is 0 Å². The lowest BCUT2D eigenvalue weighted by Crippen LogP contribution is -2.60. The highest BCUT2D eigenvalue weighted by molar-refractivity contribution is 5.94. The van der Waals surface area contributed by atoms with Crippen LogP contribution in [0.4, 0.5) is 0 Å². The number of carboxylic acids is 2. The summed E-state index contributed by atoms with van der Waals surface area (Å²) in [6.07, 6.45) is -1.90. The SMILES string of the molecule is CC(C)CC(NC(=O)C(NC(=O)C(N)CCC(=O)O)C(C)O)C(=O)NC(Cc1ccc(O)cc1)C(=O)O. The van der Waals surface area contributed by atoms with E-state index in [1.54, 1.807) is 13.8 Å². The van der Waals surface area contributed by atoms with Crippen LogP contribution in [0.3, 0.4) is 0 Å². The summed E-state index contributed by atoms with van der Waals surface area (Å²) in [4.78, 5) is 60.7. The summed E-state index contributed by atoms with van der Waals surface area (Å²) in [5.74, 6) is -5.09. The van der Waals surface area contributed by atoms with E-state index >= 15 is 0 Å². The molecule has 0 saturated carbocycles. The van der Waals surface area contributed by atoms with Crippen LogP contribution in [-0.2, 0) is 30.4 Å². The highest BCUT2D eigenvalue weighted by Crippen LogP contribution is 2.12. The fourth-order valence-electron chi connectivity index (χ4n) is 3.38. The lowest BCUT2D eigenvalue weighted by Gasteiger charge is -2.27. The zero-order chi connectivity index (χ0) is 28.3. The number of aromatic hydroxyl groups is 1. The monoisotopic (exact) mass is 524 g/mol. The quantitative estimate of drug-likeness (QED) is 0.141. The number of hydrogen-bond donors (Lipinski definition) is 8. The molecule has 5 atom stereocenters. The van der Waals surface area contributed by atoms with Crippen molar-refractivity contribution in [2.75, 3.05) is 0 Å². The highest BCUT2D eigenvalue weighted by Gasteiger charge is 2.32. The van der Waals surface area contributed by atoms with Crippen LogP contribution in [0.5, 0.6) is 5.75 Å². The van der Waals surface area contributed by atoms with Crippen molar-refractivity contribution in [1.82, 2.24) is 16.0 Å². The Balaban J connectivity index is 2.96. The Morgan fingerprint density at radius 3 is 1.92 bits per heavy atom. The van der Waals surface area contributed by atoms with Crippen LogP contribution >= 0.6 is 0 Å². The first kappa shape index (κ1) is 31.3. The lowest BCUT2D eigenvalue weighted by atomic mass is 10.0. The summed E-state index contributed by atoms with van der Waals surface area (Å²) in [7, 11) is 0. The molecule has 9 N–H and O–H groups in total. The van der Waals surface area contributed by atoms with Crippen LogP contribution in [0, 0.1) is 5.92 Å². The molecule has 0 fully saturated rings. The second kappa shape index (κ2) is 14.8. The molecule has 0 aromatic heterocycles. The van der Waals surface area contributed by atoms with Crippen LogP contribution in [-0.4, -0.2) is 80.4 Å². The second-order valence-electron chi connectivity index (χ2n) is 9.23. The minimum Gasteiger partial charge on any atom is -0.508 e. The van der Waals surface area contributed by atoms with Gasteiger partial charge in [-0.25, -0.2) is 4.79 Å². The Hall–Kier alpha value is -3.71. The van der Waals surface area contributed by atoms with Crippen molar-refractivity contribution in [2.24, 2.45) is 11.7 Å². The maximum absolute atomic E-state index is 13.0.